The zero-order valence-electron chi connectivity index (χ0n) is 16.5. The number of esters is 1. The number of alkyl halides is 3. The van der Waals surface area contributed by atoms with E-state index < -0.39 is 47.5 Å². The van der Waals surface area contributed by atoms with E-state index in [1.165, 1.54) is 6.92 Å². The molecule has 0 aliphatic rings. The van der Waals surface area contributed by atoms with Crippen molar-refractivity contribution >= 4 is 31.1 Å². The SMILES string of the molecule is CC(C)[PH](=O)C(C)OC(=O)c1cc(Oc2ccc(C(F)(F)F)cc2Cl)ccc1[N+](=O)[O-]. The number of carbonyl (C=O) groups excluding carboxylic acids is 1. The van der Waals surface area contributed by atoms with Gasteiger partial charge >= 0.3 is 12.1 Å². The lowest BCUT2D eigenvalue weighted by Crippen LogP contribution is -2.15. The van der Waals surface area contributed by atoms with Gasteiger partial charge in [0.15, 0.2) is 0 Å². The van der Waals surface area contributed by atoms with Gasteiger partial charge in [0.05, 0.1) is 15.5 Å². The normalized spacial score (nSPS) is 13.5. The van der Waals surface area contributed by atoms with E-state index in [0.29, 0.717) is 6.07 Å². The standard InChI is InChI=1S/C19H18ClF3NO6P/c1-10(2)31(28)11(3)29-18(25)14-9-13(5-6-16(14)24(26)27)30-17-7-4-12(8-15(17)20)19(21,22)23/h4-11,31H,1-3H3. The highest BCUT2D eigenvalue weighted by atomic mass is 35.5. The predicted molar refractivity (Wildman–Crippen MR) is 109 cm³/mol. The number of benzene rings is 2. The first-order valence-electron chi connectivity index (χ1n) is 8.89. The van der Waals surface area contributed by atoms with Crippen LogP contribution in [0.2, 0.25) is 5.02 Å². The summed E-state index contributed by atoms with van der Waals surface area (Å²) in [6.07, 6.45) is -4.60. The van der Waals surface area contributed by atoms with E-state index in [1.807, 2.05) is 0 Å². The van der Waals surface area contributed by atoms with Crippen molar-refractivity contribution < 1.29 is 36.9 Å². The highest BCUT2D eigenvalue weighted by molar-refractivity contribution is 7.46. The first-order valence-corrected chi connectivity index (χ1v) is 10.8. The maximum atomic E-state index is 12.8. The minimum absolute atomic E-state index is 0.0941. The second-order valence-corrected chi connectivity index (χ2v) is 9.97. The van der Waals surface area contributed by atoms with E-state index in [0.717, 1.165) is 30.3 Å². The van der Waals surface area contributed by atoms with Crippen LogP contribution in [-0.4, -0.2) is 22.4 Å². The monoisotopic (exact) mass is 479 g/mol. The van der Waals surface area contributed by atoms with Gasteiger partial charge in [-0.3, -0.25) is 10.1 Å². The molecule has 0 aromatic heterocycles. The van der Waals surface area contributed by atoms with Crippen molar-refractivity contribution in [3.63, 3.8) is 0 Å². The number of hydrogen-bond acceptors (Lipinski definition) is 6. The Bertz CT molecular complexity index is 1030. The smallest absolute Gasteiger partial charge is 0.416 e. The van der Waals surface area contributed by atoms with E-state index in [-0.39, 0.29) is 22.2 Å². The van der Waals surface area contributed by atoms with Gasteiger partial charge in [-0.05, 0) is 31.2 Å². The van der Waals surface area contributed by atoms with E-state index in [2.05, 4.69) is 0 Å². The largest absolute Gasteiger partial charge is 0.456 e. The number of nitro groups is 1. The third kappa shape index (κ3) is 6.21. The van der Waals surface area contributed by atoms with Crippen molar-refractivity contribution in [2.24, 2.45) is 0 Å². The number of carbonyl (C=O) groups is 1. The Balaban J connectivity index is 2.34. The van der Waals surface area contributed by atoms with E-state index in [9.17, 15) is 32.6 Å². The molecule has 0 N–H and O–H groups in total. The molecular formula is C19H18ClF3NO6P. The number of hydrogen-bond donors (Lipinski definition) is 0. The molecule has 0 aliphatic carbocycles. The molecule has 0 heterocycles. The van der Waals surface area contributed by atoms with Gasteiger partial charge < -0.3 is 14.0 Å². The molecule has 31 heavy (non-hydrogen) atoms. The van der Waals surface area contributed by atoms with Crippen LogP contribution in [-0.2, 0) is 15.5 Å². The third-order valence-electron chi connectivity index (χ3n) is 4.13. The maximum absolute atomic E-state index is 12.8. The Hall–Kier alpha value is -2.58. The van der Waals surface area contributed by atoms with Crippen LogP contribution in [0.5, 0.6) is 11.5 Å². The van der Waals surface area contributed by atoms with Crippen molar-refractivity contribution in [2.45, 2.75) is 38.5 Å². The van der Waals surface area contributed by atoms with Crippen LogP contribution < -0.4 is 4.74 Å². The second-order valence-electron chi connectivity index (χ2n) is 6.79. The lowest BCUT2D eigenvalue weighted by molar-refractivity contribution is -0.385. The van der Waals surface area contributed by atoms with E-state index in [1.54, 1.807) is 13.8 Å². The number of rotatable bonds is 7. The summed E-state index contributed by atoms with van der Waals surface area (Å²) in [7, 11) is -2.30. The zero-order chi connectivity index (χ0) is 23.5. The average molecular weight is 480 g/mol. The highest BCUT2D eigenvalue weighted by Gasteiger charge is 2.31. The molecule has 12 heteroatoms. The van der Waals surface area contributed by atoms with Crippen LogP contribution in [0.25, 0.3) is 0 Å². The fraction of sp³-hybridized carbons (Fsp3) is 0.316. The van der Waals surface area contributed by atoms with Gasteiger partial charge in [-0.2, -0.15) is 13.2 Å². The van der Waals surface area contributed by atoms with Gasteiger partial charge in [0.1, 0.15) is 30.7 Å². The van der Waals surface area contributed by atoms with Gasteiger partial charge in [0, 0.05) is 17.8 Å². The van der Waals surface area contributed by atoms with Gasteiger partial charge in [-0.15, -0.1) is 0 Å². The maximum Gasteiger partial charge on any atom is 0.416 e. The van der Waals surface area contributed by atoms with Gasteiger partial charge in [-0.1, -0.05) is 25.4 Å². The Morgan fingerprint density at radius 2 is 1.81 bits per heavy atom. The molecule has 2 aromatic rings. The molecule has 2 atom stereocenters. The van der Waals surface area contributed by atoms with Crippen molar-refractivity contribution in [3.05, 3.63) is 62.7 Å². The van der Waals surface area contributed by atoms with E-state index in [4.69, 9.17) is 21.1 Å². The summed E-state index contributed by atoms with van der Waals surface area (Å²) in [5, 5.41) is 10.9. The molecule has 0 spiro atoms. The van der Waals surface area contributed by atoms with Crippen molar-refractivity contribution in [1.82, 2.24) is 0 Å². The van der Waals surface area contributed by atoms with Crippen LogP contribution in [0.15, 0.2) is 36.4 Å². The lowest BCUT2D eigenvalue weighted by atomic mass is 10.1. The summed E-state index contributed by atoms with van der Waals surface area (Å²) < 4.78 is 60.9. The molecule has 168 valence electrons. The van der Waals surface area contributed by atoms with Gasteiger partial charge in [0.2, 0.25) is 0 Å². The Kier molecular flexibility index (Phi) is 7.72. The second kappa shape index (κ2) is 9.70. The molecule has 0 fully saturated rings. The fourth-order valence-corrected chi connectivity index (χ4v) is 3.92. The zero-order valence-corrected chi connectivity index (χ0v) is 18.3. The minimum Gasteiger partial charge on any atom is -0.456 e. The van der Waals surface area contributed by atoms with Crippen LogP contribution >= 0.6 is 19.4 Å². The molecule has 0 amide bonds. The van der Waals surface area contributed by atoms with Crippen LogP contribution in [0.4, 0.5) is 18.9 Å². The molecule has 0 saturated carbocycles. The Labute approximate surface area is 181 Å². The Morgan fingerprint density at radius 1 is 1.16 bits per heavy atom. The summed E-state index contributed by atoms with van der Waals surface area (Å²) in [6, 6.07) is 5.56. The summed E-state index contributed by atoms with van der Waals surface area (Å²) in [4.78, 5) is 23.0. The van der Waals surface area contributed by atoms with Gasteiger partial charge in [-0.25, -0.2) is 4.79 Å². The first-order chi connectivity index (χ1) is 14.3. The van der Waals surface area contributed by atoms with Crippen LogP contribution in [0, 0.1) is 10.1 Å². The molecule has 0 saturated heterocycles. The molecule has 2 aromatic carbocycles. The fourth-order valence-electron chi connectivity index (χ4n) is 2.54. The van der Waals surface area contributed by atoms with Crippen LogP contribution in [0.3, 0.4) is 0 Å². The topological polar surface area (TPSA) is 95.7 Å². The molecule has 0 bridgehead atoms. The first kappa shape index (κ1) is 24.7. The molecule has 2 rings (SSSR count). The van der Waals surface area contributed by atoms with Gasteiger partial charge in [0.25, 0.3) is 5.69 Å². The molecular weight excluding hydrogens is 462 g/mol. The van der Waals surface area contributed by atoms with Crippen molar-refractivity contribution in [2.75, 3.05) is 0 Å². The molecule has 2 unspecified atom stereocenters. The Morgan fingerprint density at radius 3 is 2.32 bits per heavy atom. The summed E-state index contributed by atoms with van der Waals surface area (Å²) >= 11 is 5.85. The quantitative estimate of drug-likeness (QED) is 0.194. The molecule has 0 aliphatic heterocycles. The number of nitrogens with zero attached hydrogens (tertiary/aromatic N) is 1. The summed E-state index contributed by atoms with van der Waals surface area (Å²) in [5.41, 5.74) is -2.25. The number of halogens is 4. The minimum atomic E-state index is -4.60. The summed E-state index contributed by atoms with van der Waals surface area (Å²) in [6.45, 7) is 4.81. The summed E-state index contributed by atoms with van der Waals surface area (Å²) in [5.74, 6) is -2.28. The third-order valence-corrected chi connectivity index (χ3v) is 6.48. The van der Waals surface area contributed by atoms with Crippen molar-refractivity contribution in [3.8, 4) is 11.5 Å². The molecule has 0 radical (unpaired) electrons. The average Bonchev–Trinajstić information content (AvgIpc) is 2.67. The number of ether oxygens (including phenoxy) is 2. The highest BCUT2D eigenvalue weighted by Crippen LogP contribution is 2.38. The predicted octanol–water partition coefficient (Wildman–Crippen LogP) is 6.53. The lowest BCUT2D eigenvalue weighted by Gasteiger charge is -2.16. The van der Waals surface area contributed by atoms with Crippen LogP contribution in [0.1, 0.15) is 36.7 Å². The molecule has 7 nitrogen and oxygen atoms in total. The number of nitro benzene ring substituents is 1. The van der Waals surface area contributed by atoms with Crippen molar-refractivity contribution in [1.29, 1.82) is 0 Å². The van der Waals surface area contributed by atoms with E-state index >= 15 is 0 Å².